The van der Waals surface area contributed by atoms with Gasteiger partial charge in [-0.2, -0.15) is 0 Å². The van der Waals surface area contributed by atoms with Crippen LogP contribution in [0.1, 0.15) is 20.8 Å². The highest BCUT2D eigenvalue weighted by Gasteiger charge is 2.04. The molecule has 0 radical (unpaired) electrons. The van der Waals surface area contributed by atoms with E-state index in [1.807, 2.05) is 0 Å². The van der Waals surface area contributed by atoms with E-state index in [1.54, 1.807) is 0 Å². The van der Waals surface area contributed by atoms with Gasteiger partial charge in [-0.05, 0) is 0 Å². The van der Waals surface area contributed by atoms with Crippen molar-refractivity contribution in [2.45, 2.75) is 38.9 Å². The van der Waals surface area contributed by atoms with Crippen molar-refractivity contribution in [1.82, 2.24) is 0 Å². The first-order valence-corrected chi connectivity index (χ1v) is 6.90. The Bertz CT molecular complexity index is 137. The summed E-state index contributed by atoms with van der Waals surface area (Å²) in [6.45, 7) is 6.97. The van der Waals surface area contributed by atoms with Gasteiger partial charge < -0.3 is 10.2 Å². The predicted molar refractivity (Wildman–Crippen MR) is 53.9 cm³/mol. The van der Waals surface area contributed by atoms with Gasteiger partial charge in [0.1, 0.15) is 0 Å². The van der Waals surface area contributed by atoms with Gasteiger partial charge in [-0.3, -0.25) is 0 Å². The van der Waals surface area contributed by atoms with Crippen LogP contribution in [-0.2, 0) is 9.59 Å². The lowest BCUT2D eigenvalue weighted by Crippen LogP contribution is -2.09. The average molecular weight is 206 g/mol. The number of rotatable bonds is 3. The van der Waals surface area contributed by atoms with E-state index in [2.05, 4.69) is 20.8 Å². The molecule has 0 amide bonds. The van der Waals surface area contributed by atoms with Crippen LogP contribution in [0.4, 0.5) is 0 Å². The van der Waals surface area contributed by atoms with Crippen molar-refractivity contribution in [3.05, 3.63) is 0 Å². The van der Waals surface area contributed by atoms with Crippen molar-refractivity contribution in [2.24, 2.45) is 0 Å². The maximum absolute atomic E-state index is 9.10. The van der Waals surface area contributed by atoms with Crippen LogP contribution in [0.3, 0.4) is 0 Å². The summed E-state index contributed by atoms with van der Waals surface area (Å²) in [5.74, 6) is -3.65. The van der Waals surface area contributed by atoms with Crippen LogP contribution in [0.2, 0.25) is 18.1 Å². The van der Waals surface area contributed by atoms with E-state index < -0.39 is 11.9 Å². The first-order valence-electron chi connectivity index (χ1n) is 4.45. The summed E-state index contributed by atoms with van der Waals surface area (Å²) in [5.41, 5.74) is 0. The lowest BCUT2D eigenvalue weighted by Gasteiger charge is -2.03. The van der Waals surface area contributed by atoms with Crippen molar-refractivity contribution in [1.29, 1.82) is 0 Å². The molecule has 0 aromatic carbocycles. The van der Waals surface area contributed by atoms with Gasteiger partial charge in [-0.1, -0.05) is 38.9 Å². The maximum Gasteiger partial charge on any atom is 0.414 e. The lowest BCUT2D eigenvalue weighted by atomic mass is 10.7. The molecule has 5 heteroatoms. The first-order chi connectivity index (χ1) is 5.99. The molecule has 0 fully saturated rings. The summed E-state index contributed by atoms with van der Waals surface area (Å²) in [6, 6.07) is 4.48. The highest BCUT2D eigenvalue weighted by molar-refractivity contribution is 6.58. The van der Waals surface area contributed by atoms with Crippen molar-refractivity contribution in [3.63, 3.8) is 0 Å². The summed E-state index contributed by atoms with van der Waals surface area (Å²) in [4.78, 5) is 18.2. The van der Waals surface area contributed by atoms with E-state index in [9.17, 15) is 0 Å². The second-order valence-electron chi connectivity index (χ2n) is 2.70. The SMILES string of the molecule is CC[SiH](CC)CC.O=C(O)C(=O)O. The maximum atomic E-state index is 9.10. The van der Waals surface area contributed by atoms with Gasteiger partial charge in [-0.25, -0.2) is 9.59 Å². The van der Waals surface area contributed by atoms with Gasteiger partial charge in [0.15, 0.2) is 0 Å². The minimum Gasteiger partial charge on any atom is -0.473 e. The number of hydrogen-bond donors (Lipinski definition) is 2. The summed E-state index contributed by atoms with van der Waals surface area (Å²) in [5, 5.41) is 14.8. The van der Waals surface area contributed by atoms with Gasteiger partial charge >= 0.3 is 11.9 Å². The molecule has 0 heterocycles. The van der Waals surface area contributed by atoms with Crippen LogP contribution in [-0.4, -0.2) is 30.9 Å². The largest absolute Gasteiger partial charge is 0.473 e. The van der Waals surface area contributed by atoms with E-state index in [4.69, 9.17) is 19.8 Å². The van der Waals surface area contributed by atoms with E-state index in [-0.39, 0.29) is 8.80 Å². The molecule has 2 N–H and O–H groups in total. The molecule has 13 heavy (non-hydrogen) atoms. The van der Waals surface area contributed by atoms with Crippen LogP contribution in [0.15, 0.2) is 0 Å². The van der Waals surface area contributed by atoms with Crippen LogP contribution in [0.5, 0.6) is 0 Å². The molecule has 0 spiro atoms. The van der Waals surface area contributed by atoms with Crippen molar-refractivity contribution >= 4 is 20.7 Å². The Morgan fingerprint density at radius 3 is 1.15 bits per heavy atom. The van der Waals surface area contributed by atoms with E-state index in [1.165, 1.54) is 18.1 Å². The van der Waals surface area contributed by atoms with E-state index >= 15 is 0 Å². The third kappa shape index (κ3) is 11.2. The number of carboxylic acid groups (broad SMARTS) is 2. The average Bonchev–Trinajstić information content (AvgIpc) is 2.08. The van der Waals surface area contributed by atoms with Crippen LogP contribution in [0, 0.1) is 0 Å². The second kappa shape index (κ2) is 9.25. The van der Waals surface area contributed by atoms with Gasteiger partial charge in [0.2, 0.25) is 0 Å². The highest BCUT2D eigenvalue weighted by Crippen LogP contribution is 2.01. The molecule has 0 unspecified atom stereocenters. The Kier molecular flexibility index (Phi) is 10.4. The molecule has 78 valence electrons. The molecule has 0 aliphatic rings. The van der Waals surface area contributed by atoms with Gasteiger partial charge in [0.05, 0.1) is 0 Å². The molecule has 0 aromatic heterocycles. The monoisotopic (exact) mass is 206 g/mol. The molecule has 0 saturated carbocycles. The third-order valence-electron chi connectivity index (χ3n) is 1.92. The number of carbonyl (C=O) groups is 2. The van der Waals surface area contributed by atoms with Crippen LogP contribution >= 0.6 is 0 Å². The van der Waals surface area contributed by atoms with Crippen LogP contribution in [0.25, 0.3) is 0 Å². The molecule has 0 atom stereocenters. The molecule has 0 saturated heterocycles. The van der Waals surface area contributed by atoms with Crippen molar-refractivity contribution < 1.29 is 19.8 Å². The highest BCUT2D eigenvalue weighted by atomic mass is 28.3. The van der Waals surface area contributed by atoms with Crippen molar-refractivity contribution in [3.8, 4) is 0 Å². The third-order valence-corrected chi connectivity index (χ3v) is 5.38. The smallest absolute Gasteiger partial charge is 0.414 e. The number of carboxylic acids is 2. The molecule has 0 aliphatic heterocycles. The topological polar surface area (TPSA) is 74.6 Å². The van der Waals surface area contributed by atoms with Crippen molar-refractivity contribution in [2.75, 3.05) is 0 Å². The molecule has 0 aliphatic carbocycles. The Balaban J connectivity index is 0. The summed E-state index contributed by atoms with van der Waals surface area (Å²) >= 11 is 0. The summed E-state index contributed by atoms with van der Waals surface area (Å²) < 4.78 is 0. The molecule has 0 rings (SSSR count). The predicted octanol–water partition coefficient (Wildman–Crippen LogP) is 1.43. The molecule has 0 aromatic rings. The Hall–Kier alpha value is -0.843. The Labute approximate surface area is 80.2 Å². The minimum atomic E-state index is -1.82. The fourth-order valence-corrected chi connectivity index (χ4v) is 2.60. The summed E-state index contributed by atoms with van der Waals surface area (Å²) in [6.07, 6.45) is 0. The lowest BCUT2D eigenvalue weighted by molar-refractivity contribution is -0.159. The van der Waals surface area contributed by atoms with E-state index in [0.717, 1.165) is 0 Å². The standard InChI is InChI=1S/C6H16Si.C2H2O4/c1-4-7(5-2)6-3;3-1(4)2(5)6/h7H,4-6H2,1-3H3;(H,3,4)(H,5,6). The fourth-order valence-electron chi connectivity index (χ4n) is 0.866. The van der Waals surface area contributed by atoms with Crippen LogP contribution < -0.4 is 0 Å². The van der Waals surface area contributed by atoms with Gasteiger partial charge in [0, 0.05) is 8.80 Å². The zero-order valence-electron chi connectivity index (χ0n) is 8.41. The first kappa shape index (κ1) is 14.7. The fraction of sp³-hybridized carbons (Fsp3) is 0.750. The van der Waals surface area contributed by atoms with Gasteiger partial charge in [-0.15, -0.1) is 0 Å². The summed E-state index contributed by atoms with van der Waals surface area (Å²) in [7, 11) is -0.171. The van der Waals surface area contributed by atoms with Gasteiger partial charge in [0.25, 0.3) is 0 Å². The molecule has 4 nitrogen and oxygen atoms in total. The van der Waals surface area contributed by atoms with E-state index in [0.29, 0.717) is 0 Å². The molecular weight excluding hydrogens is 188 g/mol. The Morgan fingerprint density at radius 2 is 1.15 bits per heavy atom. The number of hydrogen-bond acceptors (Lipinski definition) is 2. The Morgan fingerprint density at radius 1 is 0.923 bits per heavy atom. The zero-order chi connectivity index (χ0) is 10.9. The molecular formula is C8H18O4Si. The zero-order valence-corrected chi connectivity index (χ0v) is 9.56. The minimum absolute atomic E-state index is 0.171. The normalized spacial score (nSPS) is 8.92. The molecule has 0 bridgehead atoms. The quantitative estimate of drug-likeness (QED) is 0.541. The number of aliphatic carboxylic acids is 2. The second-order valence-corrected chi connectivity index (χ2v) is 6.88.